The Bertz CT molecular complexity index is 1420. The van der Waals surface area contributed by atoms with Crippen molar-refractivity contribution in [1.82, 2.24) is 15.5 Å². The van der Waals surface area contributed by atoms with Crippen LogP contribution in [0.4, 0.5) is 0 Å². The minimum Gasteiger partial charge on any atom is -0.508 e. The van der Waals surface area contributed by atoms with Crippen molar-refractivity contribution in [3.8, 4) is 22.6 Å². The average Bonchev–Trinajstić information content (AvgIpc) is 2.97. The number of benzene rings is 2. The number of nitrogens with two attached hydrogens (primary N) is 4. The zero-order chi connectivity index (χ0) is 32.7. The van der Waals surface area contributed by atoms with E-state index in [1.807, 2.05) is 0 Å². The highest BCUT2D eigenvalue weighted by Crippen LogP contribution is 2.31. The summed E-state index contributed by atoms with van der Waals surface area (Å²) in [5, 5.41) is 36.5. The molecule has 238 valence electrons. The molecule has 1 aliphatic rings. The Kier molecular flexibility index (Phi) is 11.2. The van der Waals surface area contributed by atoms with E-state index in [1.54, 1.807) is 24.3 Å². The van der Waals surface area contributed by atoms with Gasteiger partial charge in [0.25, 0.3) is 0 Å². The van der Waals surface area contributed by atoms with Gasteiger partial charge in [0.15, 0.2) is 0 Å². The molecule has 0 fully saturated rings. The maximum atomic E-state index is 13.8. The summed E-state index contributed by atoms with van der Waals surface area (Å²) in [6, 6.07) is 4.01. The van der Waals surface area contributed by atoms with Crippen LogP contribution in [0, 0.1) is 0 Å². The van der Waals surface area contributed by atoms with Gasteiger partial charge < -0.3 is 53.8 Å². The Balaban J connectivity index is 2.14. The number of aliphatic hydroxyl groups excluding tert-OH is 1. The number of fused-ring (bicyclic) bond motifs is 5. The molecule has 0 radical (unpaired) electrons. The van der Waals surface area contributed by atoms with E-state index in [2.05, 4.69) is 10.6 Å². The summed E-state index contributed by atoms with van der Waals surface area (Å²) in [7, 11) is 1.28. The van der Waals surface area contributed by atoms with Crippen LogP contribution in [0.25, 0.3) is 11.1 Å². The van der Waals surface area contributed by atoms with Gasteiger partial charge in [0, 0.05) is 39.3 Å². The van der Waals surface area contributed by atoms with Crippen molar-refractivity contribution in [2.24, 2.45) is 22.9 Å². The van der Waals surface area contributed by atoms with Crippen LogP contribution in [0.5, 0.6) is 11.5 Å². The summed E-state index contributed by atoms with van der Waals surface area (Å²) in [4.78, 5) is 65.1. The summed E-state index contributed by atoms with van der Waals surface area (Å²) in [6.07, 6.45) is -2.34. The molecule has 4 bridgehead atoms. The quantitative estimate of drug-likeness (QED) is 0.143. The van der Waals surface area contributed by atoms with Gasteiger partial charge in [-0.1, -0.05) is 12.1 Å². The fourth-order valence-corrected chi connectivity index (χ4v) is 4.91. The van der Waals surface area contributed by atoms with Crippen LogP contribution in [0.2, 0.25) is 0 Å². The second kappa shape index (κ2) is 14.6. The molecular weight excluding hydrogens is 574 g/mol. The number of rotatable bonds is 9. The fraction of sp³-hybridized carbons (Fsp3) is 0.414. The number of likely N-dealkylation sites (N-methyl/N-ethyl adjacent to an activating group) is 1. The second-order valence-electron chi connectivity index (χ2n) is 10.8. The van der Waals surface area contributed by atoms with E-state index >= 15 is 0 Å². The Morgan fingerprint density at radius 2 is 1.59 bits per heavy atom. The molecule has 5 atom stereocenters. The molecule has 15 nitrogen and oxygen atoms in total. The number of carbonyl (C=O) groups excluding carboxylic acids is 5. The maximum absolute atomic E-state index is 13.8. The number of nitrogens with zero attached hydrogens (tertiary/aromatic N) is 1. The summed E-state index contributed by atoms with van der Waals surface area (Å²) in [5.41, 5.74) is 24.1. The van der Waals surface area contributed by atoms with Crippen molar-refractivity contribution < 1.29 is 39.3 Å². The van der Waals surface area contributed by atoms with Crippen LogP contribution in [0.3, 0.4) is 0 Å². The Morgan fingerprint density at radius 3 is 2.11 bits per heavy atom. The average molecular weight is 614 g/mol. The lowest BCUT2D eigenvalue weighted by atomic mass is 9.95. The van der Waals surface area contributed by atoms with E-state index in [1.165, 1.54) is 19.2 Å². The fourth-order valence-electron chi connectivity index (χ4n) is 4.91. The van der Waals surface area contributed by atoms with Gasteiger partial charge in [-0.25, -0.2) is 0 Å². The molecular formula is C29H39N7O8. The minimum absolute atomic E-state index is 0.0997. The predicted octanol–water partition coefficient (Wildman–Crippen LogP) is -2.55. The number of carbonyl (C=O) groups is 5. The Morgan fingerprint density at radius 1 is 1.02 bits per heavy atom. The highest BCUT2D eigenvalue weighted by molar-refractivity contribution is 5.95. The topological polar surface area (TPSA) is 277 Å². The highest BCUT2D eigenvalue weighted by Gasteiger charge is 2.36. The first kappa shape index (κ1) is 33.8. The van der Waals surface area contributed by atoms with Gasteiger partial charge in [-0.2, -0.15) is 0 Å². The van der Waals surface area contributed by atoms with E-state index in [0.717, 1.165) is 4.90 Å². The highest BCUT2D eigenvalue weighted by atomic mass is 16.3. The number of phenolic OH excluding ortho intramolecular Hbond substituents is 2. The van der Waals surface area contributed by atoms with Crippen molar-refractivity contribution in [2.45, 2.75) is 62.4 Å². The van der Waals surface area contributed by atoms with Crippen LogP contribution in [-0.2, 0) is 36.8 Å². The molecule has 0 saturated carbocycles. The number of primary amides is 2. The van der Waals surface area contributed by atoms with Gasteiger partial charge in [0.2, 0.25) is 29.5 Å². The summed E-state index contributed by atoms with van der Waals surface area (Å²) >= 11 is 0. The van der Waals surface area contributed by atoms with Crippen molar-refractivity contribution in [3.63, 3.8) is 0 Å². The van der Waals surface area contributed by atoms with Gasteiger partial charge in [-0.3, -0.25) is 24.0 Å². The minimum atomic E-state index is -1.39. The molecule has 2 aromatic rings. The lowest BCUT2D eigenvalue weighted by Crippen LogP contribution is -2.59. The molecule has 0 saturated heterocycles. The summed E-state index contributed by atoms with van der Waals surface area (Å²) in [6.45, 7) is -0.235. The first-order chi connectivity index (χ1) is 20.7. The largest absolute Gasteiger partial charge is 0.508 e. The third-order valence-corrected chi connectivity index (χ3v) is 7.53. The first-order valence-corrected chi connectivity index (χ1v) is 13.9. The van der Waals surface area contributed by atoms with Gasteiger partial charge in [-0.05, 0) is 52.9 Å². The number of aromatic hydroxyl groups is 2. The van der Waals surface area contributed by atoms with Gasteiger partial charge in [0.05, 0.1) is 12.1 Å². The third kappa shape index (κ3) is 8.43. The smallest absolute Gasteiger partial charge is 0.245 e. The molecule has 1 heterocycles. The first-order valence-electron chi connectivity index (χ1n) is 13.9. The zero-order valence-electron chi connectivity index (χ0n) is 24.2. The van der Waals surface area contributed by atoms with E-state index < -0.39 is 59.8 Å². The number of hydrogen-bond donors (Lipinski definition) is 9. The number of amides is 5. The summed E-state index contributed by atoms with van der Waals surface area (Å²) in [5.74, 6) is -4.38. The summed E-state index contributed by atoms with van der Waals surface area (Å²) < 4.78 is 0. The van der Waals surface area contributed by atoms with E-state index in [-0.39, 0.29) is 55.7 Å². The van der Waals surface area contributed by atoms with Crippen LogP contribution >= 0.6 is 0 Å². The third-order valence-electron chi connectivity index (χ3n) is 7.53. The van der Waals surface area contributed by atoms with Crippen molar-refractivity contribution in [2.75, 3.05) is 13.6 Å². The number of aliphatic hydroxyl groups is 1. The Labute approximate surface area is 253 Å². The molecule has 15 heteroatoms. The van der Waals surface area contributed by atoms with Gasteiger partial charge in [0.1, 0.15) is 29.6 Å². The molecule has 0 spiro atoms. The monoisotopic (exact) mass is 613 g/mol. The second-order valence-corrected chi connectivity index (χ2v) is 10.8. The van der Waals surface area contributed by atoms with Crippen LogP contribution in [0.1, 0.15) is 30.4 Å². The van der Waals surface area contributed by atoms with Crippen molar-refractivity contribution in [1.29, 1.82) is 0 Å². The van der Waals surface area contributed by atoms with Crippen LogP contribution in [0.15, 0.2) is 36.4 Å². The Hall–Kier alpha value is -4.73. The zero-order valence-corrected chi connectivity index (χ0v) is 24.2. The van der Waals surface area contributed by atoms with Crippen molar-refractivity contribution in [3.05, 3.63) is 47.5 Å². The van der Waals surface area contributed by atoms with Crippen LogP contribution < -0.4 is 33.6 Å². The molecule has 2 aromatic carbocycles. The van der Waals surface area contributed by atoms with E-state index in [9.17, 15) is 39.3 Å². The van der Waals surface area contributed by atoms with Crippen molar-refractivity contribution >= 4 is 29.5 Å². The number of hydrogen-bond acceptors (Lipinski definition) is 10. The lowest BCUT2D eigenvalue weighted by Gasteiger charge is -2.33. The molecule has 44 heavy (non-hydrogen) atoms. The normalized spacial score (nSPS) is 20.5. The molecule has 5 amide bonds. The van der Waals surface area contributed by atoms with Gasteiger partial charge >= 0.3 is 0 Å². The molecule has 0 aliphatic carbocycles. The standard InChI is InChI=1S/C29H39N7O8/c1-36-22(28(43)34-20(26(33)41)4-7-25(32)40)11-17-9-15(3-6-24(17)39)14-2-5-23(38)16(8-14)10-19(31)27(42)35-21(29(36)44)12-18(37)13-30/h2-3,5-6,8-9,18-22,37-39H,4,7,10-13,30-31H2,1H3,(H2,32,40)(H2,33,41)(H,34,43)(H,35,42)/t18-,19+,20+,21+,22+/m1/s1. The SMILES string of the molecule is CN1C(=O)[C@H](C[C@@H](O)CN)NC(=O)[C@@H](N)Cc2cc(ccc2O)-c2ccc(O)c(c2)C[C@H]1C(=O)N[C@@H](CCC(N)=O)C(N)=O. The maximum Gasteiger partial charge on any atom is 0.245 e. The van der Waals surface area contributed by atoms with Crippen LogP contribution in [-0.4, -0.2) is 93.6 Å². The number of phenols is 2. The lowest BCUT2D eigenvalue weighted by molar-refractivity contribution is -0.143. The van der Waals surface area contributed by atoms with Gasteiger partial charge in [-0.15, -0.1) is 0 Å². The molecule has 1 aliphatic heterocycles. The molecule has 0 unspecified atom stereocenters. The molecule has 0 aromatic heterocycles. The number of nitrogens with one attached hydrogen (secondary N) is 2. The molecule has 13 N–H and O–H groups in total. The van der Waals surface area contributed by atoms with E-state index in [4.69, 9.17) is 22.9 Å². The predicted molar refractivity (Wildman–Crippen MR) is 158 cm³/mol. The molecule has 3 rings (SSSR count). The van der Waals surface area contributed by atoms with E-state index in [0.29, 0.717) is 16.7 Å².